The van der Waals surface area contributed by atoms with Gasteiger partial charge >= 0.3 is 0 Å². The van der Waals surface area contributed by atoms with Crippen molar-refractivity contribution < 1.29 is 0 Å². The summed E-state index contributed by atoms with van der Waals surface area (Å²) in [5.74, 6) is 0.771. The van der Waals surface area contributed by atoms with Gasteiger partial charge in [-0.05, 0) is 55.8 Å². The van der Waals surface area contributed by atoms with Gasteiger partial charge in [-0.3, -0.25) is 4.98 Å². The Balaban J connectivity index is 2.13. The second-order valence-electron chi connectivity index (χ2n) is 5.96. The maximum atomic E-state index is 4.28. The predicted molar refractivity (Wildman–Crippen MR) is 86.7 cm³/mol. The van der Waals surface area contributed by atoms with Crippen molar-refractivity contribution in [3.8, 4) is 0 Å². The first kappa shape index (κ1) is 15.2. The molecule has 2 rings (SSSR count). The number of nitrogens with one attached hydrogen (secondary N) is 1. The van der Waals surface area contributed by atoms with Gasteiger partial charge in [0.15, 0.2) is 0 Å². The zero-order chi connectivity index (χ0) is 14.2. The summed E-state index contributed by atoms with van der Waals surface area (Å²) in [6, 6.07) is 2.10. The predicted octanol–water partition coefficient (Wildman–Crippen LogP) is 4.35. The van der Waals surface area contributed by atoms with Crippen molar-refractivity contribution in [3.63, 3.8) is 0 Å². The summed E-state index contributed by atoms with van der Waals surface area (Å²) < 4.78 is 0. The van der Waals surface area contributed by atoms with Crippen LogP contribution < -0.4 is 5.32 Å². The molecule has 0 radical (unpaired) electrons. The number of rotatable bonds is 6. The third-order valence-corrected chi connectivity index (χ3v) is 4.31. The third kappa shape index (κ3) is 4.45. The highest BCUT2D eigenvalue weighted by Gasteiger charge is 2.17. The van der Waals surface area contributed by atoms with Gasteiger partial charge in [0.1, 0.15) is 0 Å². The first-order chi connectivity index (χ1) is 9.81. The summed E-state index contributed by atoms with van der Waals surface area (Å²) in [6.07, 6.45) is 14.4. The maximum Gasteiger partial charge on any atom is 0.0342 e. The van der Waals surface area contributed by atoms with Crippen LogP contribution in [0.1, 0.15) is 56.6 Å². The van der Waals surface area contributed by atoms with Crippen molar-refractivity contribution in [1.29, 1.82) is 0 Å². The minimum Gasteiger partial charge on any atom is -0.313 e. The second-order valence-corrected chi connectivity index (χ2v) is 5.96. The molecule has 110 valence electrons. The highest BCUT2D eigenvalue weighted by molar-refractivity contribution is 5.56. The van der Waals surface area contributed by atoms with Gasteiger partial charge in [0, 0.05) is 18.9 Å². The number of pyridine rings is 1. The zero-order valence-electron chi connectivity index (χ0n) is 13.0. The Morgan fingerprint density at radius 1 is 1.35 bits per heavy atom. The average molecular weight is 272 g/mol. The topological polar surface area (TPSA) is 24.9 Å². The molecule has 1 aromatic rings. The number of hydrogen-bond acceptors (Lipinski definition) is 2. The van der Waals surface area contributed by atoms with Crippen molar-refractivity contribution in [2.75, 3.05) is 13.1 Å². The Morgan fingerprint density at radius 2 is 2.15 bits per heavy atom. The molecular weight excluding hydrogens is 244 g/mol. The number of nitrogens with zero attached hydrogens (tertiary/aromatic N) is 1. The van der Waals surface area contributed by atoms with Crippen LogP contribution in [0, 0.1) is 12.8 Å². The summed E-state index contributed by atoms with van der Waals surface area (Å²) in [4.78, 5) is 4.28. The molecular formula is C18H28N2. The summed E-state index contributed by atoms with van der Waals surface area (Å²) in [5, 5.41) is 3.58. The van der Waals surface area contributed by atoms with E-state index in [4.69, 9.17) is 0 Å². The Hall–Kier alpha value is -1.15. The van der Waals surface area contributed by atoms with E-state index < -0.39 is 0 Å². The fraction of sp³-hybridized carbons (Fsp3) is 0.611. The molecule has 0 saturated heterocycles. The lowest BCUT2D eigenvalue weighted by Gasteiger charge is -2.25. The molecule has 1 N–H and O–H groups in total. The monoisotopic (exact) mass is 272 g/mol. The molecule has 1 heterocycles. The maximum absolute atomic E-state index is 4.28. The van der Waals surface area contributed by atoms with Gasteiger partial charge in [-0.1, -0.05) is 37.8 Å². The third-order valence-electron chi connectivity index (χ3n) is 4.31. The van der Waals surface area contributed by atoms with Gasteiger partial charge in [0.2, 0.25) is 0 Å². The molecule has 0 spiro atoms. The van der Waals surface area contributed by atoms with Crippen molar-refractivity contribution >= 4 is 6.08 Å². The quantitative estimate of drug-likeness (QED) is 0.779. The van der Waals surface area contributed by atoms with Crippen LogP contribution >= 0.6 is 0 Å². The summed E-state index contributed by atoms with van der Waals surface area (Å²) in [6.45, 7) is 6.54. The Kier molecular flexibility index (Phi) is 6.25. The summed E-state index contributed by atoms with van der Waals surface area (Å²) >= 11 is 0. The van der Waals surface area contributed by atoms with Crippen molar-refractivity contribution in [2.45, 2.75) is 52.4 Å². The molecule has 2 heteroatoms. The van der Waals surface area contributed by atoms with E-state index in [0.717, 1.165) is 19.0 Å². The molecule has 0 atom stereocenters. The van der Waals surface area contributed by atoms with E-state index in [-0.39, 0.29) is 0 Å². The molecule has 1 saturated carbocycles. The zero-order valence-corrected chi connectivity index (χ0v) is 13.0. The highest BCUT2D eigenvalue weighted by Crippen LogP contribution is 2.30. The number of aryl methyl sites for hydroxylation is 1. The molecule has 1 aliphatic carbocycles. The van der Waals surface area contributed by atoms with Gasteiger partial charge in [0.25, 0.3) is 0 Å². The average Bonchev–Trinajstić information content (AvgIpc) is 2.49. The van der Waals surface area contributed by atoms with Crippen LogP contribution in [0.25, 0.3) is 6.08 Å². The van der Waals surface area contributed by atoms with Crippen LogP contribution in [0.5, 0.6) is 0 Å². The Morgan fingerprint density at radius 3 is 2.85 bits per heavy atom. The Bertz CT molecular complexity index is 431. The minimum absolute atomic E-state index is 0.771. The highest BCUT2D eigenvalue weighted by atomic mass is 14.8. The molecule has 0 unspecified atom stereocenters. The lowest BCUT2D eigenvalue weighted by atomic mass is 9.83. The van der Waals surface area contributed by atoms with Gasteiger partial charge in [0.05, 0.1) is 0 Å². The van der Waals surface area contributed by atoms with Crippen LogP contribution in [0.3, 0.4) is 0 Å². The molecule has 1 fully saturated rings. The van der Waals surface area contributed by atoms with Gasteiger partial charge in [-0.15, -0.1) is 0 Å². The fourth-order valence-corrected chi connectivity index (χ4v) is 3.02. The lowest BCUT2D eigenvalue weighted by molar-refractivity contribution is 0.396. The normalized spacial score (nSPS) is 17.4. The Labute approximate surface area is 123 Å². The van der Waals surface area contributed by atoms with Crippen molar-refractivity contribution in [2.24, 2.45) is 5.92 Å². The number of hydrogen-bond donors (Lipinski definition) is 1. The van der Waals surface area contributed by atoms with E-state index in [1.54, 1.807) is 5.57 Å². The van der Waals surface area contributed by atoms with E-state index in [9.17, 15) is 0 Å². The van der Waals surface area contributed by atoms with Crippen molar-refractivity contribution in [1.82, 2.24) is 10.3 Å². The first-order valence-corrected chi connectivity index (χ1v) is 8.13. The SMILES string of the molecule is CCCNC/C(=C/c1cnccc1C)C1CCCCC1. The molecule has 0 aromatic carbocycles. The molecule has 0 amide bonds. The van der Waals surface area contributed by atoms with E-state index in [1.807, 2.05) is 12.4 Å². The smallest absolute Gasteiger partial charge is 0.0342 e. The van der Waals surface area contributed by atoms with Crippen LogP contribution in [0.2, 0.25) is 0 Å². The first-order valence-electron chi connectivity index (χ1n) is 8.13. The van der Waals surface area contributed by atoms with E-state index >= 15 is 0 Å². The summed E-state index contributed by atoms with van der Waals surface area (Å²) in [5.41, 5.74) is 4.18. The molecule has 1 aliphatic rings. The van der Waals surface area contributed by atoms with Gasteiger partial charge in [-0.25, -0.2) is 0 Å². The van der Waals surface area contributed by atoms with Gasteiger partial charge in [-0.2, -0.15) is 0 Å². The van der Waals surface area contributed by atoms with Crippen LogP contribution in [0.15, 0.2) is 24.0 Å². The van der Waals surface area contributed by atoms with Crippen LogP contribution in [-0.4, -0.2) is 18.1 Å². The lowest BCUT2D eigenvalue weighted by Crippen LogP contribution is -2.23. The van der Waals surface area contributed by atoms with Crippen molar-refractivity contribution in [3.05, 3.63) is 35.2 Å². The van der Waals surface area contributed by atoms with Crippen LogP contribution in [0.4, 0.5) is 0 Å². The van der Waals surface area contributed by atoms with E-state index in [0.29, 0.717) is 0 Å². The van der Waals surface area contributed by atoms with E-state index in [2.05, 4.69) is 36.3 Å². The standard InChI is InChI=1S/C18H28N2/c1-3-10-19-14-18(16-7-5-4-6-8-16)12-17-13-20-11-9-15(17)2/h9,11-13,16,19H,3-8,10,14H2,1-2H3/b18-12-. The molecule has 1 aromatic heterocycles. The molecule has 2 nitrogen and oxygen atoms in total. The molecule has 0 aliphatic heterocycles. The van der Waals surface area contributed by atoms with Gasteiger partial charge < -0.3 is 5.32 Å². The second kappa shape index (κ2) is 8.21. The van der Waals surface area contributed by atoms with E-state index in [1.165, 1.54) is 49.7 Å². The summed E-state index contributed by atoms with van der Waals surface area (Å²) in [7, 11) is 0. The fourth-order valence-electron chi connectivity index (χ4n) is 3.02. The van der Waals surface area contributed by atoms with Crippen LogP contribution in [-0.2, 0) is 0 Å². The number of aromatic nitrogens is 1. The molecule has 20 heavy (non-hydrogen) atoms. The largest absolute Gasteiger partial charge is 0.313 e. The minimum atomic E-state index is 0.771. The molecule has 0 bridgehead atoms.